The summed E-state index contributed by atoms with van der Waals surface area (Å²) >= 11 is 5.03. The number of hydrogen-bond donors (Lipinski definition) is 1. The van der Waals surface area contributed by atoms with E-state index in [4.69, 9.17) is 0 Å². The molecule has 0 bridgehead atoms. The van der Waals surface area contributed by atoms with E-state index in [0.717, 1.165) is 23.1 Å². The number of thiophene rings is 1. The average molecular weight is 300 g/mol. The summed E-state index contributed by atoms with van der Waals surface area (Å²) in [5.74, 6) is -0.227. The molecule has 0 amide bonds. The highest BCUT2D eigenvalue weighted by atomic mass is 79.9. The van der Waals surface area contributed by atoms with Gasteiger partial charge in [0.05, 0.1) is 0 Å². The molecule has 0 saturated heterocycles. The first-order valence-electron chi connectivity index (χ1n) is 4.96. The summed E-state index contributed by atoms with van der Waals surface area (Å²) in [6.07, 6.45) is 0.979. The zero-order valence-corrected chi connectivity index (χ0v) is 10.9. The van der Waals surface area contributed by atoms with Gasteiger partial charge in [-0.15, -0.1) is 0 Å². The minimum absolute atomic E-state index is 0.227. The van der Waals surface area contributed by atoms with Crippen LogP contribution in [0, 0.1) is 5.82 Å². The van der Waals surface area contributed by atoms with E-state index in [9.17, 15) is 4.39 Å². The Balaban J connectivity index is 1.90. The van der Waals surface area contributed by atoms with Gasteiger partial charge in [0.2, 0.25) is 0 Å². The SMILES string of the molecule is Fc1ccc(NCCc2ccsc2)c(Br)c1. The van der Waals surface area contributed by atoms with Crippen LogP contribution in [0.1, 0.15) is 5.56 Å². The molecule has 1 nitrogen and oxygen atoms in total. The summed E-state index contributed by atoms with van der Waals surface area (Å²) in [4.78, 5) is 0. The molecule has 0 aliphatic heterocycles. The van der Waals surface area contributed by atoms with Crippen LogP contribution in [-0.2, 0) is 6.42 Å². The van der Waals surface area contributed by atoms with E-state index in [1.165, 1.54) is 17.7 Å². The Bertz CT molecular complexity index is 456. The molecule has 0 aliphatic rings. The summed E-state index contributed by atoms with van der Waals surface area (Å²) in [5, 5.41) is 7.48. The third kappa shape index (κ3) is 3.06. The lowest BCUT2D eigenvalue weighted by molar-refractivity contribution is 0.627. The third-order valence-corrected chi connectivity index (χ3v) is 3.63. The second-order valence-corrected chi connectivity index (χ2v) is 5.07. The van der Waals surface area contributed by atoms with Crippen LogP contribution < -0.4 is 5.32 Å². The fourth-order valence-corrected chi connectivity index (χ4v) is 2.60. The van der Waals surface area contributed by atoms with Crippen molar-refractivity contribution in [3.63, 3.8) is 0 Å². The Morgan fingerprint density at radius 1 is 1.31 bits per heavy atom. The summed E-state index contributed by atoms with van der Waals surface area (Å²) < 4.78 is 13.6. The van der Waals surface area contributed by atoms with E-state index in [1.54, 1.807) is 17.4 Å². The van der Waals surface area contributed by atoms with Gasteiger partial charge in [-0.2, -0.15) is 11.3 Å². The quantitative estimate of drug-likeness (QED) is 0.887. The highest BCUT2D eigenvalue weighted by Crippen LogP contribution is 2.22. The van der Waals surface area contributed by atoms with Crippen LogP contribution >= 0.6 is 27.3 Å². The smallest absolute Gasteiger partial charge is 0.124 e. The topological polar surface area (TPSA) is 12.0 Å². The van der Waals surface area contributed by atoms with Gasteiger partial charge < -0.3 is 5.32 Å². The summed E-state index contributed by atoms with van der Waals surface area (Å²) in [6, 6.07) is 6.78. The molecule has 0 radical (unpaired) electrons. The van der Waals surface area contributed by atoms with Crippen LogP contribution in [0.5, 0.6) is 0 Å². The maximum absolute atomic E-state index is 12.8. The van der Waals surface area contributed by atoms with Crippen molar-refractivity contribution in [2.75, 3.05) is 11.9 Å². The van der Waals surface area contributed by atoms with Crippen molar-refractivity contribution in [1.82, 2.24) is 0 Å². The molecule has 2 rings (SSSR count). The van der Waals surface area contributed by atoms with Gasteiger partial charge in [-0.05, 0) is 62.9 Å². The summed E-state index contributed by atoms with van der Waals surface area (Å²) in [6.45, 7) is 0.848. The van der Waals surface area contributed by atoms with Gasteiger partial charge in [0.1, 0.15) is 5.82 Å². The molecular formula is C12H11BrFNS. The van der Waals surface area contributed by atoms with Crippen molar-refractivity contribution in [3.05, 3.63) is 50.9 Å². The highest BCUT2D eigenvalue weighted by Gasteiger charge is 2.00. The van der Waals surface area contributed by atoms with Crippen LogP contribution in [0.15, 0.2) is 39.5 Å². The molecule has 2 aromatic rings. The first-order valence-corrected chi connectivity index (χ1v) is 6.69. The molecule has 0 aliphatic carbocycles. The lowest BCUT2D eigenvalue weighted by atomic mass is 10.2. The van der Waals surface area contributed by atoms with Crippen molar-refractivity contribution in [3.8, 4) is 0 Å². The Hall–Kier alpha value is -0.870. The molecular weight excluding hydrogens is 289 g/mol. The monoisotopic (exact) mass is 299 g/mol. The molecule has 0 saturated carbocycles. The molecule has 4 heteroatoms. The first-order chi connectivity index (χ1) is 7.75. The molecule has 84 valence electrons. The predicted octanol–water partition coefficient (Wildman–Crippen LogP) is 4.30. The van der Waals surface area contributed by atoms with E-state index in [2.05, 4.69) is 38.1 Å². The molecule has 1 N–H and O–H groups in total. The molecule has 1 aromatic heterocycles. The van der Waals surface area contributed by atoms with E-state index in [-0.39, 0.29) is 5.82 Å². The van der Waals surface area contributed by atoms with Crippen molar-refractivity contribution in [2.24, 2.45) is 0 Å². The largest absolute Gasteiger partial charge is 0.384 e. The third-order valence-electron chi connectivity index (χ3n) is 2.24. The van der Waals surface area contributed by atoms with Crippen LogP contribution in [0.3, 0.4) is 0 Å². The number of nitrogens with one attached hydrogen (secondary N) is 1. The van der Waals surface area contributed by atoms with Crippen molar-refractivity contribution in [2.45, 2.75) is 6.42 Å². The van der Waals surface area contributed by atoms with Crippen molar-refractivity contribution in [1.29, 1.82) is 0 Å². The lowest BCUT2D eigenvalue weighted by Gasteiger charge is -2.07. The number of hydrogen-bond acceptors (Lipinski definition) is 2. The van der Waals surface area contributed by atoms with E-state index in [0.29, 0.717) is 0 Å². The first kappa shape index (κ1) is 11.6. The zero-order valence-electron chi connectivity index (χ0n) is 8.54. The number of anilines is 1. The summed E-state index contributed by atoms with van der Waals surface area (Å²) in [7, 11) is 0. The fraction of sp³-hybridized carbons (Fsp3) is 0.167. The molecule has 1 heterocycles. The van der Waals surface area contributed by atoms with E-state index in [1.807, 2.05) is 0 Å². The normalized spacial score (nSPS) is 10.4. The summed E-state index contributed by atoms with van der Waals surface area (Å²) in [5.41, 5.74) is 2.26. The molecule has 0 unspecified atom stereocenters. The maximum atomic E-state index is 12.8. The number of halogens is 2. The predicted molar refractivity (Wildman–Crippen MR) is 70.6 cm³/mol. The minimum Gasteiger partial charge on any atom is -0.384 e. The van der Waals surface area contributed by atoms with E-state index < -0.39 is 0 Å². The molecule has 1 aromatic carbocycles. The van der Waals surface area contributed by atoms with Crippen LogP contribution in [0.2, 0.25) is 0 Å². The molecule has 0 fully saturated rings. The molecule has 0 atom stereocenters. The second-order valence-electron chi connectivity index (χ2n) is 3.43. The number of rotatable bonds is 4. The zero-order chi connectivity index (χ0) is 11.4. The Kier molecular flexibility index (Phi) is 3.96. The van der Waals surface area contributed by atoms with Crippen LogP contribution in [-0.4, -0.2) is 6.54 Å². The van der Waals surface area contributed by atoms with Crippen LogP contribution in [0.4, 0.5) is 10.1 Å². The Labute approximate surface area is 106 Å². The lowest BCUT2D eigenvalue weighted by Crippen LogP contribution is -2.04. The van der Waals surface area contributed by atoms with Gasteiger partial charge in [-0.1, -0.05) is 0 Å². The number of benzene rings is 1. The standard InChI is InChI=1S/C12H11BrFNS/c13-11-7-10(14)1-2-12(11)15-5-3-9-4-6-16-8-9/h1-2,4,6-8,15H,3,5H2. The highest BCUT2D eigenvalue weighted by molar-refractivity contribution is 9.10. The van der Waals surface area contributed by atoms with Gasteiger partial charge in [0.25, 0.3) is 0 Å². The maximum Gasteiger partial charge on any atom is 0.124 e. The minimum atomic E-state index is -0.227. The molecule has 16 heavy (non-hydrogen) atoms. The second kappa shape index (κ2) is 5.46. The fourth-order valence-electron chi connectivity index (χ4n) is 1.41. The van der Waals surface area contributed by atoms with E-state index >= 15 is 0 Å². The average Bonchev–Trinajstić information content (AvgIpc) is 2.74. The van der Waals surface area contributed by atoms with Gasteiger partial charge in [-0.3, -0.25) is 0 Å². The van der Waals surface area contributed by atoms with Crippen molar-refractivity contribution < 1.29 is 4.39 Å². The van der Waals surface area contributed by atoms with Gasteiger partial charge >= 0.3 is 0 Å². The van der Waals surface area contributed by atoms with Crippen molar-refractivity contribution >= 4 is 33.0 Å². The Morgan fingerprint density at radius 2 is 2.19 bits per heavy atom. The van der Waals surface area contributed by atoms with Crippen LogP contribution in [0.25, 0.3) is 0 Å². The van der Waals surface area contributed by atoms with Gasteiger partial charge in [0.15, 0.2) is 0 Å². The molecule has 0 spiro atoms. The Morgan fingerprint density at radius 3 is 2.88 bits per heavy atom. The van der Waals surface area contributed by atoms with Gasteiger partial charge in [0, 0.05) is 16.7 Å². The van der Waals surface area contributed by atoms with Gasteiger partial charge in [-0.25, -0.2) is 4.39 Å².